The lowest BCUT2D eigenvalue weighted by atomic mass is 9.86. The Morgan fingerprint density at radius 3 is 2.38 bits per heavy atom. The van der Waals surface area contributed by atoms with Crippen LogP contribution in [0.2, 0.25) is 0 Å². The van der Waals surface area contributed by atoms with Crippen molar-refractivity contribution in [2.45, 2.75) is 42.8 Å². The van der Waals surface area contributed by atoms with E-state index in [1.165, 1.54) is 32.4 Å². The number of hydrogen-bond donors (Lipinski definition) is 1. The van der Waals surface area contributed by atoms with E-state index < -0.39 is 28.2 Å². The van der Waals surface area contributed by atoms with Crippen LogP contribution in [0.15, 0.2) is 23.1 Å². The maximum absolute atomic E-state index is 12.8. The number of rotatable bonds is 5. The van der Waals surface area contributed by atoms with Crippen LogP contribution in [0.5, 0.6) is 11.5 Å². The van der Waals surface area contributed by atoms with Crippen LogP contribution >= 0.6 is 0 Å². The molecule has 24 heavy (non-hydrogen) atoms. The number of halogens is 3. The summed E-state index contributed by atoms with van der Waals surface area (Å²) in [5.74, 6) is -0.868. The van der Waals surface area contributed by atoms with Gasteiger partial charge in [0.15, 0.2) is 11.5 Å². The molecule has 2 rings (SSSR count). The molecule has 0 aromatic heterocycles. The van der Waals surface area contributed by atoms with Gasteiger partial charge in [-0.2, -0.15) is 13.2 Å². The Labute approximate surface area is 139 Å². The summed E-state index contributed by atoms with van der Waals surface area (Å²) >= 11 is 0. The number of ether oxygens (including phenoxy) is 2. The van der Waals surface area contributed by atoms with Gasteiger partial charge in [-0.15, -0.1) is 0 Å². The average Bonchev–Trinajstić information content (AvgIpc) is 2.53. The van der Waals surface area contributed by atoms with E-state index in [4.69, 9.17) is 9.47 Å². The van der Waals surface area contributed by atoms with Crippen molar-refractivity contribution in [1.29, 1.82) is 0 Å². The van der Waals surface area contributed by atoms with Crippen LogP contribution in [-0.4, -0.2) is 34.9 Å². The third-order valence-corrected chi connectivity index (χ3v) is 5.64. The molecule has 0 bridgehead atoms. The molecule has 2 atom stereocenters. The van der Waals surface area contributed by atoms with Crippen molar-refractivity contribution in [2.24, 2.45) is 5.92 Å². The van der Waals surface area contributed by atoms with Gasteiger partial charge in [0.05, 0.1) is 25.0 Å². The van der Waals surface area contributed by atoms with Gasteiger partial charge in [0.25, 0.3) is 0 Å². The molecule has 1 N–H and O–H groups in total. The summed E-state index contributed by atoms with van der Waals surface area (Å²) < 4.78 is 75.9. The number of hydrogen-bond acceptors (Lipinski definition) is 4. The van der Waals surface area contributed by atoms with Crippen LogP contribution in [0.3, 0.4) is 0 Å². The van der Waals surface area contributed by atoms with Gasteiger partial charge in [0.1, 0.15) is 0 Å². The fraction of sp³-hybridized carbons (Fsp3) is 0.600. The summed E-state index contributed by atoms with van der Waals surface area (Å²) in [6.45, 7) is 0. The van der Waals surface area contributed by atoms with E-state index in [2.05, 4.69) is 4.72 Å². The van der Waals surface area contributed by atoms with Crippen molar-refractivity contribution in [3.05, 3.63) is 18.2 Å². The van der Waals surface area contributed by atoms with Crippen LogP contribution in [0.1, 0.15) is 25.7 Å². The highest BCUT2D eigenvalue weighted by molar-refractivity contribution is 7.89. The molecule has 5 nitrogen and oxygen atoms in total. The molecule has 0 saturated heterocycles. The van der Waals surface area contributed by atoms with Crippen molar-refractivity contribution in [3.63, 3.8) is 0 Å². The highest BCUT2D eigenvalue weighted by Gasteiger charge is 2.42. The van der Waals surface area contributed by atoms with E-state index in [0.29, 0.717) is 18.6 Å². The Bertz CT molecular complexity index is 676. The minimum atomic E-state index is -4.30. The number of nitrogens with one attached hydrogen (secondary N) is 1. The zero-order valence-electron chi connectivity index (χ0n) is 13.4. The SMILES string of the molecule is COc1ccc(S(=O)(=O)N[C@@H]2CCC[C@H](C(F)(F)F)C2)cc1OC. The molecule has 0 aliphatic heterocycles. The van der Waals surface area contributed by atoms with Gasteiger partial charge in [-0.25, -0.2) is 13.1 Å². The molecule has 1 aliphatic carbocycles. The van der Waals surface area contributed by atoms with Crippen LogP contribution in [-0.2, 0) is 10.0 Å². The lowest BCUT2D eigenvalue weighted by Crippen LogP contribution is -2.41. The van der Waals surface area contributed by atoms with Gasteiger partial charge < -0.3 is 9.47 Å². The summed E-state index contributed by atoms with van der Waals surface area (Å²) in [5.41, 5.74) is 0. The van der Waals surface area contributed by atoms with Crippen molar-refractivity contribution in [1.82, 2.24) is 4.72 Å². The zero-order valence-corrected chi connectivity index (χ0v) is 14.2. The van der Waals surface area contributed by atoms with Gasteiger partial charge in [-0.1, -0.05) is 6.42 Å². The summed E-state index contributed by atoms with van der Waals surface area (Å²) in [6.07, 6.45) is -3.77. The van der Waals surface area contributed by atoms with E-state index in [-0.39, 0.29) is 23.5 Å². The number of methoxy groups -OCH3 is 2. The second kappa shape index (κ2) is 7.18. The third kappa shape index (κ3) is 4.32. The number of benzene rings is 1. The maximum Gasteiger partial charge on any atom is 0.391 e. The van der Waals surface area contributed by atoms with E-state index in [1.807, 2.05) is 0 Å². The molecule has 0 amide bonds. The first-order valence-electron chi connectivity index (χ1n) is 7.48. The fourth-order valence-corrected chi connectivity index (χ4v) is 4.16. The number of alkyl halides is 3. The van der Waals surface area contributed by atoms with E-state index in [1.54, 1.807) is 0 Å². The molecule has 0 heterocycles. The van der Waals surface area contributed by atoms with E-state index >= 15 is 0 Å². The molecule has 0 radical (unpaired) electrons. The quantitative estimate of drug-likeness (QED) is 0.869. The Balaban J connectivity index is 2.16. The minimum Gasteiger partial charge on any atom is -0.493 e. The van der Waals surface area contributed by atoms with Gasteiger partial charge in [0, 0.05) is 12.1 Å². The van der Waals surface area contributed by atoms with Crippen molar-refractivity contribution in [2.75, 3.05) is 14.2 Å². The predicted molar refractivity (Wildman–Crippen MR) is 81.7 cm³/mol. The highest BCUT2D eigenvalue weighted by Crippen LogP contribution is 2.38. The molecule has 1 saturated carbocycles. The lowest BCUT2D eigenvalue weighted by Gasteiger charge is -2.30. The van der Waals surface area contributed by atoms with Gasteiger partial charge in [-0.05, 0) is 31.4 Å². The Morgan fingerprint density at radius 2 is 1.79 bits per heavy atom. The van der Waals surface area contributed by atoms with Crippen LogP contribution < -0.4 is 14.2 Å². The Hall–Kier alpha value is -1.48. The first-order chi connectivity index (χ1) is 11.2. The van der Waals surface area contributed by atoms with Crippen LogP contribution in [0.4, 0.5) is 13.2 Å². The molecule has 0 spiro atoms. The summed E-state index contributed by atoms with van der Waals surface area (Å²) in [7, 11) is -1.15. The topological polar surface area (TPSA) is 64.6 Å². The smallest absolute Gasteiger partial charge is 0.391 e. The summed E-state index contributed by atoms with van der Waals surface area (Å²) in [4.78, 5) is -0.0747. The second-order valence-corrected chi connectivity index (χ2v) is 7.45. The van der Waals surface area contributed by atoms with E-state index in [9.17, 15) is 21.6 Å². The molecule has 0 unspecified atom stereocenters. The van der Waals surface area contributed by atoms with E-state index in [0.717, 1.165) is 0 Å². The molecular weight excluding hydrogens is 347 g/mol. The average molecular weight is 367 g/mol. The van der Waals surface area contributed by atoms with Crippen LogP contribution in [0.25, 0.3) is 0 Å². The maximum atomic E-state index is 12.8. The Morgan fingerprint density at radius 1 is 1.12 bits per heavy atom. The molecule has 1 aromatic carbocycles. The molecular formula is C15H20F3NO4S. The largest absolute Gasteiger partial charge is 0.493 e. The molecule has 1 aliphatic rings. The monoisotopic (exact) mass is 367 g/mol. The van der Waals surface area contributed by atoms with Crippen molar-refractivity contribution >= 4 is 10.0 Å². The highest BCUT2D eigenvalue weighted by atomic mass is 32.2. The normalized spacial score (nSPS) is 22.2. The first-order valence-corrected chi connectivity index (χ1v) is 8.96. The molecule has 9 heteroatoms. The third-order valence-electron chi connectivity index (χ3n) is 4.12. The zero-order chi connectivity index (χ0) is 18.0. The fourth-order valence-electron chi connectivity index (χ4n) is 2.87. The molecule has 1 fully saturated rings. The first kappa shape index (κ1) is 18.9. The molecule has 136 valence electrons. The van der Waals surface area contributed by atoms with Gasteiger partial charge in [-0.3, -0.25) is 0 Å². The van der Waals surface area contributed by atoms with Crippen molar-refractivity contribution < 1.29 is 31.1 Å². The second-order valence-electron chi connectivity index (χ2n) is 5.74. The van der Waals surface area contributed by atoms with Gasteiger partial charge in [0.2, 0.25) is 10.0 Å². The summed E-state index contributed by atoms with van der Waals surface area (Å²) in [5, 5.41) is 0. The minimum absolute atomic E-state index is 0.0398. The van der Waals surface area contributed by atoms with Crippen molar-refractivity contribution in [3.8, 4) is 11.5 Å². The van der Waals surface area contributed by atoms with Gasteiger partial charge >= 0.3 is 6.18 Å². The summed E-state index contributed by atoms with van der Waals surface area (Å²) in [6, 6.07) is 3.31. The standard InChI is InChI=1S/C15H20F3NO4S/c1-22-13-7-6-12(9-14(13)23-2)24(20,21)19-11-5-3-4-10(8-11)15(16,17)18/h6-7,9-11,19H,3-5,8H2,1-2H3/t10-,11+/m0/s1. The Kier molecular flexibility index (Phi) is 5.64. The molecule has 1 aromatic rings. The lowest BCUT2D eigenvalue weighted by molar-refractivity contribution is -0.183. The van der Waals surface area contributed by atoms with Crippen LogP contribution in [0, 0.1) is 5.92 Å². The number of sulfonamides is 1. The predicted octanol–water partition coefficient (Wildman–Crippen LogP) is 3.10.